The summed E-state index contributed by atoms with van der Waals surface area (Å²) in [6.45, 7) is 0. The van der Waals surface area contributed by atoms with Gasteiger partial charge in [0.05, 0.1) is 0 Å². The zero-order chi connectivity index (χ0) is 17.6. The standard InChI is InChI=1S/C13H2B10/c14-4-2(5(15)9(19)12(22)8(4)18)1-3-6(16)10(20)13(23)11(21)7(3)17/h1H2. The number of benzene rings is 2. The van der Waals surface area contributed by atoms with E-state index in [-0.39, 0.29) is 61.0 Å². The monoisotopic (exact) mass is 268 g/mol. The van der Waals surface area contributed by atoms with E-state index >= 15 is 0 Å². The van der Waals surface area contributed by atoms with Crippen LogP contribution in [0.5, 0.6) is 0 Å². The van der Waals surface area contributed by atoms with Gasteiger partial charge in [0.15, 0.2) is 0 Å². The second kappa shape index (κ2) is 6.53. The van der Waals surface area contributed by atoms with Crippen LogP contribution in [0.2, 0.25) is 0 Å². The Balaban J connectivity index is 2.71. The van der Waals surface area contributed by atoms with Gasteiger partial charge in [-0.3, -0.25) is 0 Å². The van der Waals surface area contributed by atoms with Gasteiger partial charge in [0, 0.05) is 0 Å². The Morgan fingerprint density at radius 3 is 0.696 bits per heavy atom. The molecule has 84 valence electrons. The van der Waals surface area contributed by atoms with Gasteiger partial charge >= 0.3 is 0 Å². The van der Waals surface area contributed by atoms with Crippen LogP contribution >= 0.6 is 0 Å². The maximum atomic E-state index is 6.00. The van der Waals surface area contributed by atoms with E-state index < -0.39 is 0 Å². The predicted octanol–water partition coefficient (Wildman–Crippen LogP) is -8.78. The number of rotatable bonds is 2. The summed E-state index contributed by atoms with van der Waals surface area (Å²) >= 11 is 0. The van der Waals surface area contributed by atoms with Crippen LogP contribution in [-0.2, 0) is 6.42 Å². The first-order valence-corrected chi connectivity index (χ1v) is 6.59. The highest BCUT2D eigenvalue weighted by Gasteiger charge is 2.15. The minimum atomic E-state index is 0.124. The van der Waals surface area contributed by atoms with Crippen molar-refractivity contribution in [3.8, 4) is 0 Å². The fraction of sp³-hybridized carbons (Fsp3) is 0.0769. The molecule has 0 nitrogen and oxygen atoms in total. The smallest absolute Gasteiger partial charge is 0.112 e. The van der Waals surface area contributed by atoms with Crippen molar-refractivity contribution in [3.05, 3.63) is 11.1 Å². The Hall–Kier alpha value is -0.911. The van der Waals surface area contributed by atoms with Crippen molar-refractivity contribution in [1.82, 2.24) is 0 Å². The van der Waals surface area contributed by atoms with Crippen molar-refractivity contribution in [2.75, 3.05) is 0 Å². The maximum absolute atomic E-state index is 6.00. The van der Waals surface area contributed by atoms with Crippen molar-refractivity contribution in [2.45, 2.75) is 6.42 Å². The largest absolute Gasteiger partial charge is 0.113 e. The molecule has 0 amide bonds. The summed E-state index contributed by atoms with van der Waals surface area (Å²) in [7, 11) is 58.9. The van der Waals surface area contributed by atoms with E-state index in [0.717, 1.165) is 0 Å². The molecular formula is C13H2B10. The third-order valence-electron chi connectivity index (χ3n) is 3.98. The second-order valence-electron chi connectivity index (χ2n) is 5.27. The van der Waals surface area contributed by atoms with Crippen LogP contribution in [0.3, 0.4) is 0 Å². The molecule has 0 aliphatic heterocycles. The molecule has 0 N–H and O–H groups in total. The molecular weight excluding hydrogens is 264 g/mol. The number of hydrogen-bond donors (Lipinski definition) is 0. The van der Waals surface area contributed by atoms with Crippen molar-refractivity contribution in [3.63, 3.8) is 0 Å². The van der Waals surface area contributed by atoms with Crippen LogP contribution in [0.1, 0.15) is 11.1 Å². The molecule has 0 saturated carbocycles. The fourth-order valence-electron chi connectivity index (χ4n) is 2.37. The summed E-state index contributed by atoms with van der Waals surface area (Å²) < 4.78 is 0. The van der Waals surface area contributed by atoms with Gasteiger partial charge in [-0.25, -0.2) is 0 Å². The molecule has 23 heavy (non-hydrogen) atoms. The SMILES string of the molecule is [B]c1c([B])c([B])c(Cc2c([B])c([B])c([B])c([B])c2[B])c([B])c1[B]. The van der Waals surface area contributed by atoms with E-state index in [4.69, 9.17) is 78.5 Å². The van der Waals surface area contributed by atoms with Crippen LogP contribution < -0.4 is 54.6 Å². The Morgan fingerprint density at radius 1 is 0.304 bits per heavy atom. The van der Waals surface area contributed by atoms with Gasteiger partial charge < -0.3 is 0 Å². The van der Waals surface area contributed by atoms with E-state index in [9.17, 15) is 0 Å². The highest BCUT2D eigenvalue weighted by atomic mass is 14.1. The van der Waals surface area contributed by atoms with Crippen LogP contribution in [0.15, 0.2) is 0 Å². The Kier molecular flexibility index (Phi) is 5.24. The Labute approximate surface area is 150 Å². The Morgan fingerprint density at radius 2 is 0.478 bits per heavy atom. The zero-order valence-electron chi connectivity index (χ0n) is 12.5. The van der Waals surface area contributed by atoms with Crippen LogP contribution in [0.4, 0.5) is 0 Å². The van der Waals surface area contributed by atoms with Gasteiger partial charge in [0.25, 0.3) is 0 Å². The molecule has 2 aromatic carbocycles. The average Bonchev–Trinajstić information content (AvgIpc) is 2.54. The lowest BCUT2D eigenvalue weighted by Crippen LogP contribution is -2.58. The molecule has 0 saturated heterocycles. The summed E-state index contributed by atoms with van der Waals surface area (Å²) in [6, 6.07) is 0. The van der Waals surface area contributed by atoms with Gasteiger partial charge in [-0.05, 0) is 6.42 Å². The van der Waals surface area contributed by atoms with Crippen molar-refractivity contribution < 1.29 is 0 Å². The molecule has 0 spiro atoms. The van der Waals surface area contributed by atoms with E-state index in [0.29, 0.717) is 11.1 Å². The van der Waals surface area contributed by atoms with E-state index in [1.165, 1.54) is 0 Å². The molecule has 2 rings (SSSR count). The topological polar surface area (TPSA) is 0 Å². The van der Waals surface area contributed by atoms with Gasteiger partial charge in [0.1, 0.15) is 78.5 Å². The van der Waals surface area contributed by atoms with Gasteiger partial charge in [-0.1, -0.05) is 11.1 Å². The average molecular weight is 266 g/mol. The molecule has 0 fully saturated rings. The van der Waals surface area contributed by atoms with Crippen LogP contribution in [0, 0.1) is 0 Å². The lowest BCUT2D eigenvalue weighted by Gasteiger charge is -2.25. The molecule has 2 aromatic rings. The summed E-state index contributed by atoms with van der Waals surface area (Å²) in [5, 5.41) is 0. The quantitative estimate of drug-likeness (QED) is 0.474. The molecule has 0 heterocycles. The molecule has 10 heteroatoms. The Bertz CT molecular complexity index is 686. The molecule has 20 radical (unpaired) electrons. The summed E-state index contributed by atoms with van der Waals surface area (Å²) in [4.78, 5) is 0. The van der Waals surface area contributed by atoms with E-state index in [2.05, 4.69) is 0 Å². The van der Waals surface area contributed by atoms with E-state index in [1.54, 1.807) is 0 Å². The molecule has 0 aliphatic carbocycles. The van der Waals surface area contributed by atoms with Crippen molar-refractivity contribution in [2.24, 2.45) is 0 Å². The zero-order valence-corrected chi connectivity index (χ0v) is 12.5. The molecule has 0 aromatic heterocycles. The molecule has 0 unspecified atom stereocenters. The lowest BCUT2D eigenvalue weighted by atomic mass is 9.57. The fourth-order valence-corrected chi connectivity index (χ4v) is 2.37. The summed E-state index contributed by atoms with van der Waals surface area (Å²) in [5.74, 6) is 0. The summed E-state index contributed by atoms with van der Waals surface area (Å²) in [5.41, 5.74) is 2.48. The minimum Gasteiger partial charge on any atom is -0.112 e. The van der Waals surface area contributed by atoms with Crippen LogP contribution in [-0.4, -0.2) is 78.5 Å². The third-order valence-corrected chi connectivity index (χ3v) is 3.98. The first kappa shape index (κ1) is 18.4. The minimum absolute atomic E-state index is 0.124. The first-order chi connectivity index (χ1) is 10.6. The van der Waals surface area contributed by atoms with Crippen molar-refractivity contribution in [1.29, 1.82) is 0 Å². The first-order valence-electron chi connectivity index (χ1n) is 6.59. The van der Waals surface area contributed by atoms with E-state index in [1.807, 2.05) is 0 Å². The predicted molar refractivity (Wildman–Crippen MR) is 110 cm³/mol. The van der Waals surface area contributed by atoms with Gasteiger partial charge in [-0.2, -0.15) is 0 Å². The molecule has 0 atom stereocenters. The summed E-state index contributed by atoms with van der Waals surface area (Å²) in [6.07, 6.45) is 0.124. The molecule has 0 bridgehead atoms. The highest BCUT2D eigenvalue weighted by molar-refractivity contribution is 6.68. The second-order valence-corrected chi connectivity index (χ2v) is 5.27. The van der Waals surface area contributed by atoms with Crippen LogP contribution in [0.25, 0.3) is 0 Å². The molecule has 0 aliphatic rings. The van der Waals surface area contributed by atoms with Gasteiger partial charge in [0.2, 0.25) is 0 Å². The highest BCUT2D eigenvalue weighted by Crippen LogP contribution is 1.97. The third kappa shape index (κ3) is 2.94. The normalized spacial score (nSPS) is 10.8. The van der Waals surface area contributed by atoms with Crippen molar-refractivity contribution >= 4 is 133 Å². The number of hydrogen-bond acceptors (Lipinski definition) is 0. The van der Waals surface area contributed by atoms with Gasteiger partial charge in [-0.15, -0.1) is 54.6 Å². The maximum Gasteiger partial charge on any atom is 0.113 e. The lowest BCUT2D eigenvalue weighted by molar-refractivity contribution is 1.27.